The molecule has 122 valence electrons. The molecule has 0 aliphatic carbocycles. The molecule has 2 heteroatoms. The summed E-state index contributed by atoms with van der Waals surface area (Å²) in [5.74, 6) is 1.07. The molecular formula is C21H27NS. The van der Waals surface area contributed by atoms with Crippen LogP contribution >= 0.6 is 11.8 Å². The van der Waals surface area contributed by atoms with E-state index in [9.17, 15) is 0 Å². The molecule has 2 aromatic carbocycles. The fourth-order valence-electron chi connectivity index (χ4n) is 3.56. The van der Waals surface area contributed by atoms with Gasteiger partial charge in [-0.1, -0.05) is 57.7 Å². The van der Waals surface area contributed by atoms with E-state index in [4.69, 9.17) is 0 Å². The fourth-order valence-corrected chi connectivity index (χ4v) is 4.66. The molecule has 0 atom stereocenters. The first-order valence-electron chi connectivity index (χ1n) is 8.64. The highest BCUT2D eigenvalue weighted by molar-refractivity contribution is 7.99. The van der Waals surface area contributed by atoms with E-state index in [-0.39, 0.29) is 0 Å². The summed E-state index contributed by atoms with van der Waals surface area (Å²) in [4.78, 5) is 5.30. The molecule has 0 amide bonds. The predicted octanol–water partition coefficient (Wildman–Crippen LogP) is 6.94. The lowest BCUT2D eigenvalue weighted by atomic mass is 9.88. The molecule has 1 heterocycles. The summed E-state index contributed by atoms with van der Waals surface area (Å²) in [6, 6.07) is 13.9. The Bertz CT molecular complexity index is 716. The van der Waals surface area contributed by atoms with Gasteiger partial charge in [-0.25, -0.2) is 0 Å². The number of hydrogen-bond acceptors (Lipinski definition) is 2. The number of anilines is 2. The van der Waals surface area contributed by atoms with Crippen molar-refractivity contribution in [3.05, 3.63) is 47.5 Å². The summed E-state index contributed by atoms with van der Waals surface area (Å²) < 4.78 is 0. The van der Waals surface area contributed by atoms with Crippen LogP contribution in [0.4, 0.5) is 11.4 Å². The summed E-state index contributed by atoms with van der Waals surface area (Å²) in [5.41, 5.74) is 5.80. The van der Waals surface area contributed by atoms with Crippen LogP contribution in [-0.4, -0.2) is 6.04 Å². The predicted molar refractivity (Wildman–Crippen MR) is 102 cm³/mol. The molecular weight excluding hydrogens is 298 g/mol. The van der Waals surface area contributed by atoms with Gasteiger partial charge in [0.25, 0.3) is 0 Å². The molecule has 2 aromatic rings. The minimum Gasteiger partial charge on any atom is -0.337 e. The molecule has 1 aliphatic rings. The summed E-state index contributed by atoms with van der Waals surface area (Å²) in [7, 11) is 0. The van der Waals surface area contributed by atoms with Crippen molar-refractivity contribution < 1.29 is 0 Å². The number of rotatable bonds is 3. The third-order valence-electron chi connectivity index (χ3n) is 4.52. The van der Waals surface area contributed by atoms with Gasteiger partial charge in [-0.3, -0.25) is 0 Å². The van der Waals surface area contributed by atoms with Gasteiger partial charge in [-0.05, 0) is 55.0 Å². The van der Waals surface area contributed by atoms with Crippen LogP contribution in [0.1, 0.15) is 64.5 Å². The second kappa shape index (κ2) is 6.24. The Morgan fingerprint density at radius 3 is 2.09 bits per heavy atom. The normalized spacial score (nSPS) is 13.7. The van der Waals surface area contributed by atoms with Crippen LogP contribution in [-0.2, 0) is 0 Å². The van der Waals surface area contributed by atoms with Gasteiger partial charge in [0.05, 0.1) is 11.4 Å². The standard InChI is InChI=1S/C21H27NS/c1-13(2)16-11-12-19-21(20(16)14(3)4)22(15(5)6)17-9-7-8-10-18(17)23-19/h7-15H,1-6H3. The van der Waals surface area contributed by atoms with E-state index in [1.54, 1.807) is 0 Å². The fraction of sp³-hybridized carbons (Fsp3) is 0.429. The second-order valence-corrected chi connectivity index (χ2v) is 8.34. The first-order valence-corrected chi connectivity index (χ1v) is 9.46. The molecule has 1 aliphatic heterocycles. The van der Waals surface area contributed by atoms with E-state index in [2.05, 4.69) is 82.8 Å². The first kappa shape index (κ1) is 16.4. The molecule has 3 rings (SSSR count). The van der Waals surface area contributed by atoms with Gasteiger partial charge in [-0.15, -0.1) is 0 Å². The average Bonchev–Trinajstić information content (AvgIpc) is 2.50. The van der Waals surface area contributed by atoms with Gasteiger partial charge in [0.2, 0.25) is 0 Å². The van der Waals surface area contributed by atoms with E-state index in [0.29, 0.717) is 17.9 Å². The van der Waals surface area contributed by atoms with Crippen molar-refractivity contribution in [2.75, 3.05) is 4.90 Å². The lowest BCUT2D eigenvalue weighted by Crippen LogP contribution is -2.29. The number of hydrogen-bond donors (Lipinski definition) is 0. The maximum Gasteiger partial charge on any atom is 0.0593 e. The van der Waals surface area contributed by atoms with Gasteiger partial charge in [0, 0.05) is 15.8 Å². The van der Waals surface area contributed by atoms with Crippen molar-refractivity contribution in [1.82, 2.24) is 0 Å². The Kier molecular flexibility index (Phi) is 4.46. The molecule has 0 N–H and O–H groups in total. The summed E-state index contributed by atoms with van der Waals surface area (Å²) >= 11 is 1.91. The van der Waals surface area contributed by atoms with Crippen LogP contribution in [0.25, 0.3) is 0 Å². The monoisotopic (exact) mass is 325 g/mol. The molecule has 0 unspecified atom stereocenters. The molecule has 0 spiro atoms. The molecule has 0 radical (unpaired) electrons. The topological polar surface area (TPSA) is 3.24 Å². The summed E-state index contributed by atoms with van der Waals surface area (Å²) in [6.07, 6.45) is 0. The van der Waals surface area contributed by atoms with Crippen molar-refractivity contribution in [1.29, 1.82) is 0 Å². The van der Waals surface area contributed by atoms with Gasteiger partial charge in [0.15, 0.2) is 0 Å². The van der Waals surface area contributed by atoms with E-state index in [0.717, 1.165) is 0 Å². The van der Waals surface area contributed by atoms with Crippen molar-refractivity contribution in [3.63, 3.8) is 0 Å². The highest BCUT2D eigenvalue weighted by atomic mass is 32.2. The summed E-state index contributed by atoms with van der Waals surface area (Å²) in [6.45, 7) is 13.8. The third-order valence-corrected chi connectivity index (χ3v) is 5.63. The molecule has 0 fully saturated rings. The number of benzene rings is 2. The van der Waals surface area contributed by atoms with Crippen molar-refractivity contribution in [2.45, 2.75) is 69.2 Å². The van der Waals surface area contributed by atoms with Crippen LogP contribution < -0.4 is 4.90 Å². The highest BCUT2D eigenvalue weighted by Crippen LogP contribution is 2.52. The van der Waals surface area contributed by atoms with Crippen LogP contribution in [0.3, 0.4) is 0 Å². The first-order chi connectivity index (χ1) is 10.9. The van der Waals surface area contributed by atoms with Gasteiger partial charge >= 0.3 is 0 Å². The minimum absolute atomic E-state index is 0.440. The van der Waals surface area contributed by atoms with Crippen LogP contribution in [0.15, 0.2) is 46.2 Å². The lowest BCUT2D eigenvalue weighted by molar-refractivity contribution is 0.737. The van der Waals surface area contributed by atoms with Gasteiger partial charge in [-0.2, -0.15) is 0 Å². The van der Waals surface area contributed by atoms with Crippen molar-refractivity contribution in [2.24, 2.45) is 0 Å². The maximum absolute atomic E-state index is 2.54. The Morgan fingerprint density at radius 1 is 0.783 bits per heavy atom. The van der Waals surface area contributed by atoms with Crippen LogP contribution in [0, 0.1) is 0 Å². The van der Waals surface area contributed by atoms with Crippen LogP contribution in [0.5, 0.6) is 0 Å². The Balaban J connectivity index is 2.30. The quantitative estimate of drug-likeness (QED) is 0.601. The zero-order valence-electron chi connectivity index (χ0n) is 15.1. The zero-order valence-corrected chi connectivity index (χ0v) is 15.9. The molecule has 0 saturated heterocycles. The Morgan fingerprint density at radius 2 is 1.48 bits per heavy atom. The van der Waals surface area contributed by atoms with Crippen molar-refractivity contribution >= 4 is 23.1 Å². The largest absolute Gasteiger partial charge is 0.337 e. The second-order valence-electron chi connectivity index (χ2n) is 7.26. The SMILES string of the molecule is CC(C)c1ccc2c(c1C(C)C)N(C(C)C)c1ccccc1S2. The smallest absolute Gasteiger partial charge is 0.0593 e. The molecule has 0 aromatic heterocycles. The maximum atomic E-state index is 2.54. The molecule has 1 nitrogen and oxygen atoms in total. The number of nitrogens with zero attached hydrogens (tertiary/aromatic N) is 1. The number of fused-ring (bicyclic) bond motifs is 2. The third kappa shape index (κ3) is 2.78. The number of para-hydroxylation sites is 1. The highest BCUT2D eigenvalue weighted by Gasteiger charge is 2.30. The molecule has 0 saturated carbocycles. The zero-order chi connectivity index (χ0) is 16.7. The minimum atomic E-state index is 0.440. The lowest BCUT2D eigenvalue weighted by Gasteiger charge is -2.39. The van der Waals surface area contributed by atoms with E-state index in [1.165, 1.54) is 32.3 Å². The Labute approximate surface area is 145 Å². The van der Waals surface area contributed by atoms with E-state index in [1.807, 2.05) is 11.8 Å². The molecule has 0 bridgehead atoms. The van der Waals surface area contributed by atoms with Crippen LogP contribution in [0.2, 0.25) is 0 Å². The average molecular weight is 326 g/mol. The van der Waals surface area contributed by atoms with E-state index >= 15 is 0 Å². The van der Waals surface area contributed by atoms with E-state index < -0.39 is 0 Å². The van der Waals surface area contributed by atoms with Gasteiger partial charge < -0.3 is 4.90 Å². The Hall–Kier alpha value is -1.41. The van der Waals surface area contributed by atoms with Gasteiger partial charge in [0.1, 0.15) is 0 Å². The summed E-state index contributed by atoms with van der Waals surface area (Å²) in [5, 5.41) is 0. The molecule has 23 heavy (non-hydrogen) atoms. The van der Waals surface area contributed by atoms with Crippen molar-refractivity contribution in [3.8, 4) is 0 Å².